The van der Waals surface area contributed by atoms with Crippen molar-refractivity contribution in [1.29, 1.82) is 0 Å². The zero-order valence-corrected chi connectivity index (χ0v) is 13.8. The molecule has 0 amide bonds. The fraction of sp³-hybridized carbons (Fsp3) is 0.500. The summed E-state index contributed by atoms with van der Waals surface area (Å²) in [5.74, 6) is -0.884. The number of ether oxygens (including phenoxy) is 3. The highest BCUT2D eigenvalue weighted by atomic mass is 16.6. The second-order valence-electron chi connectivity index (χ2n) is 5.00. The van der Waals surface area contributed by atoms with Crippen LogP contribution in [0.25, 0.3) is 0 Å². The third kappa shape index (κ3) is 6.64. The molecule has 0 N–H and O–H groups in total. The van der Waals surface area contributed by atoms with Gasteiger partial charge in [0.2, 0.25) is 0 Å². The summed E-state index contributed by atoms with van der Waals surface area (Å²) >= 11 is 0. The van der Waals surface area contributed by atoms with Crippen LogP contribution in [-0.4, -0.2) is 30.6 Å². The molecule has 0 fully saturated rings. The zero-order chi connectivity index (χ0) is 17.9. The average Bonchev–Trinajstić information content (AvgIpc) is 2.57. The molecule has 0 unspecified atom stereocenters. The first-order valence-electron chi connectivity index (χ1n) is 7.60. The minimum atomic E-state index is -0.557. The Hall–Kier alpha value is -2.64. The van der Waals surface area contributed by atoms with Crippen molar-refractivity contribution in [3.05, 3.63) is 33.9 Å². The van der Waals surface area contributed by atoms with Gasteiger partial charge in [-0.2, -0.15) is 0 Å². The highest BCUT2D eigenvalue weighted by molar-refractivity contribution is 5.77. The van der Waals surface area contributed by atoms with Crippen molar-refractivity contribution >= 4 is 17.6 Å². The Morgan fingerprint density at radius 2 is 1.83 bits per heavy atom. The molecule has 0 aromatic heterocycles. The van der Waals surface area contributed by atoms with Gasteiger partial charge in [0.05, 0.1) is 31.5 Å². The van der Waals surface area contributed by atoms with Gasteiger partial charge in [0, 0.05) is 6.07 Å². The van der Waals surface area contributed by atoms with Crippen molar-refractivity contribution in [2.75, 3.05) is 13.7 Å². The molecule has 0 heterocycles. The fourth-order valence-corrected chi connectivity index (χ4v) is 1.81. The molecule has 8 nitrogen and oxygen atoms in total. The van der Waals surface area contributed by atoms with E-state index in [0.29, 0.717) is 12.2 Å². The molecule has 1 aromatic carbocycles. The molecule has 24 heavy (non-hydrogen) atoms. The highest BCUT2D eigenvalue weighted by Gasteiger charge is 2.15. The van der Waals surface area contributed by atoms with Gasteiger partial charge in [0.15, 0.2) is 5.75 Å². The number of nitro benzene ring substituents is 1. The number of carbonyl (C=O) groups is 2. The summed E-state index contributed by atoms with van der Waals surface area (Å²) in [6.45, 7) is 2.28. The van der Waals surface area contributed by atoms with E-state index < -0.39 is 16.9 Å². The number of esters is 2. The summed E-state index contributed by atoms with van der Waals surface area (Å²) in [6, 6.07) is 4.20. The van der Waals surface area contributed by atoms with Gasteiger partial charge in [-0.15, -0.1) is 0 Å². The van der Waals surface area contributed by atoms with Crippen LogP contribution in [0.2, 0.25) is 0 Å². The lowest BCUT2D eigenvalue weighted by atomic mass is 10.2. The first-order valence-corrected chi connectivity index (χ1v) is 7.60. The van der Waals surface area contributed by atoms with E-state index in [9.17, 15) is 19.7 Å². The molecule has 0 aliphatic carbocycles. The van der Waals surface area contributed by atoms with Gasteiger partial charge in [0.1, 0.15) is 6.61 Å². The van der Waals surface area contributed by atoms with Gasteiger partial charge in [-0.25, -0.2) is 0 Å². The molecule has 0 saturated heterocycles. The normalized spacial score (nSPS) is 10.1. The Labute approximate surface area is 139 Å². The monoisotopic (exact) mass is 339 g/mol. The topological polar surface area (TPSA) is 105 Å². The molecule has 0 atom stereocenters. The van der Waals surface area contributed by atoms with Crippen LogP contribution in [0.3, 0.4) is 0 Å². The largest absolute Gasteiger partial charge is 0.490 e. The molecular weight excluding hydrogens is 318 g/mol. The predicted octanol–water partition coefficient (Wildman–Crippen LogP) is 2.77. The first-order chi connectivity index (χ1) is 11.5. The van der Waals surface area contributed by atoms with Crippen molar-refractivity contribution in [3.63, 3.8) is 0 Å². The number of nitro groups is 1. The second kappa shape index (κ2) is 10.2. The van der Waals surface area contributed by atoms with Crippen LogP contribution in [0.4, 0.5) is 5.69 Å². The Kier molecular flexibility index (Phi) is 8.24. The maximum atomic E-state index is 11.6. The fourth-order valence-electron chi connectivity index (χ4n) is 1.81. The van der Waals surface area contributed by atoms with Crippen molar-refractivity contribution in [3.8, 4) is 5.75 Å². The van der Waals surface area contributed by atoms with Gasteiger partial charge >= 0.3 is 17.6 Å². The Balaban J connectivity index is 2.41. The molecule has 8 heteroatoms. The molecule has 0 spiro atoms. The van der Waals surface area contributed by atoms with Crippen molar-refractivity contribution < 1.29 is 28.7 Å². The van der Waals surface area contributed by atoms with E-state index in [-0.39, 0.29) is 30.9 Å². The number of rotatable bonds is 10. The number of benzene rings is 1. The van der Waals surface area contributed by atoms with E-state index in [0.717, 1.165) is 12.8 Å². The highest BCUT2D eigenvalue weighted by Crippen LogP contribution is 2.27. The first kappa shape index (κ1) is 19.4. The Morgan fingerprint density at radius 1 is 1.17 bits per heavy atom. The number of nitrogens with zero attached hydrogens (tertiary/aromatic N) is 1. The standard InChI is InChI=1S/C16H21NO7/c1-3-4-9-23-15(18)7-8-16(19)24-11-12-5-6-13(17(20)21)14(10-12)22-2/h5-6,10H,3-4,7-9,11H2,1-2H3. The second-order valence-corrected chi connectivity index (χ2v) is 5.00. The number of unbranched alkanes of at least 4 members (excludes halogenated alkanes) is 1. The minimum Gasteiger partial charge on any atom is -0.490 e. The molecule has 0 radical (unpaired) electrons. The van der Waals surface area contributed by atoms with Crippen molar-refractivity contribution in [2.24, 2.45) is 0 Å². The molecule has 0 bridgehead atoms. The number of methoxy groups -OCH3 is 1. The third-order valence-electron chi connectivity index (χ3n) is 3.13. The van der Waals surface area contributed by atoms with Gasteiger partial charge in [0.25, 0.3) is 0 Å². The number of hydrogen-bond acceptors (Lipinski definition) is 7. The zero-order valence-electron chi connectivity index (χ0n) is 13.8. The van der Waals surface area contributed by atoms with E-state index in [1.165, 1.54) is 25.3 Å². The summed E-state index contributed by atoms with van der Waals surface area (Å²) < 4.78 is 14.9. The van der Waals surface area contributed by atoms with Crippen LogP contribution in [0, 0.1) is 10.1 Å². The molecule has 0 saturated carbocycles. The SMILES string of the molecule is CCCCOC(=O)CCC(=O)OCc1ccc([N+](=O)[O-])c(OC)c1. The van der Waals surface area contributed by atoms with Crippen LogP contribution < -0.4 is 4.74 Å². The molecule has 0 aliphatic heterocycles. The lowest BCUT2D eigenvalue weighted by Gasteiger charge is -2.07. The molecule has 132 valence electrons. The smallest absolute Gasteiger partial charge is 0.310 e. The number of hydrogen-bond donors (Lipinski definition) is 0. The molecular formula is C16H21NO7. The van der Waals surface area contributed by atoms with Crippen LogP contribution >= 0.6 is 0 Å². The van der Waals surface area contributed by atoms with E-state index in [4.69, 9.17) is 14.2 Å². The summed E-state index contributed by atoms with van der Waals surface area (Å²) in [7, 11) is 1.32. The van der Waals surface area contributed by atoms with Crippen LogP contribution in [0.1, 0.15) is 38.2 Å². The predicted molar refractivity (Wildman–Crippen MR) is 84.5 cm³/mol. The quantitative estimate of drug-likeness (QED) is 0.279. The summed E-state index contributed by atoms with van der Waals surface area (Å²) in [5.41, 5.74) is 0.388. The van der Waals surface area contributed by atoms with Gasteiger partial charge < -0.3 is 14.2 Å². The van der Waals surface area contributed by atoms with Crippen LogP contribution in [0.5, 0.6) is 5.75 Å². The average molecular weight is 339 g/mol. The van der Waals surface area contributed by atoms with Crippen molar-refractivity contribution in [2.45, 2.75) is 39.2 Å². The maximum Gasteiger partial charge on any atom is 0.310 e. The van der Waals surface area contributed by atoms with Gasteiger partial charge in [-0.05, 0) is 24.1 Å². The summed E-state index contributed by atoms with van der Waals surface area (Å²) in [6.07, 6.45) is 1.60. The van der Waals surface area contributed by atoms with E-state index in [2.05, 4.69) is 0 Å². The van der Waals surface area contributed by atoms with E-state index >= 15 is 0 Å². The Morgan fingerprint density at radius 3 is 2.42 bits per heavy atom. The van der Waals surface area contributed by atoms with Gasteiger partial charge in [-0.1, -0.05) is 13.3 Å². The maximum absolute atomic E-state index is 11.6. The lowest BCUT2D eigenvalue weighted by molar-refractivity contribution is -0.385. The summed E-state index contributed by atoms with van der Waals surface area (Å²) in [4.78, 5) is 33.2. The minimum absolute atomic E-state index is 0.0356. The molecule has 1 rings (SSSR count). The molecule has 0 aliphatic rings. The number of carbonyl (C=O) groups excluding carboxylic acids is 2. The Bertz CT molecular complexity index is 586. The van der Waals surface area contributed by atoms with Gasteiger partial charge in [-0.3, -0.25) is 19.7 Å². The third-order valence-corrected chi connectivity index (χ3v) is 3.13. The summed E-state index contributed by atoms with van der Waals surface area (Å²) in [5, 5.41) is 10.8. The van der Waals surface area contributed by atoms with E-state index in [1.807, 2.05) is 6.92 Å². The lowest BCUT2D eigenvalue weighted by Crippen LogP contribution is -2.11. The van der Waals surface area contributed by atoms with Crippen LogP contribution in [-0.2, 0) is 25.7 Å². The van der Waals surface area contributed by atoms with E-state index in [1.54, 1.807) is 0 Å². The van der Waals surface area contributed by atoms with Crippen molar-refractivity contribution in [1.82, 2.24) is 0 Å². The molecule has 1 aromatic rings. The van der Waals surface area contributed by atoms with Crippen LogP contribution in [0.15, 0.2) is 18.2 Å².